The van der Waals surface area contributed by atoms with Crippen LogP contribution in [0.1, 0.15) is 92.9 Å². The van der Waals surface area contributed by atoms with E-state index >= 15 is 0 Å². The maximum atomic E-state index is 9.99. The molecule has 2 nitrogen and oxygen atoms in total. The maximum absolute atomic E-state index is 9.99. The number of hydrogen-bond acceptors (Lipinski definition) is 2. The van der Waals surface area contributed by atoms with Crippen LogP contribution in [0.2, 0.25) is 0 Å². The molecule has 0 aliphatic heterocycles. The van der Waals surface area contributed by atoms with Crippen LogP contribution in [0.5, 0.6) is 0 Å². The lowest BCUT2D eigenvalue weighted by molar-refractivity contribution is 0.0609. The van der Waals surface area contributed by atoms with E-state index in [1.807, 2.05) is 0 Å². The van der Waals surface area contributed by atoms with Gasteiger partial charge in [-0.05, 0) is 85.9 Å². The van der Waals surface area contributed by atoms with Gasteiger partial charge in [-0.3, -0.25) is 0 Å². The summed E-state index contributed by atoms with van der Waals surface area (Å²) in [6, 6.07) is 0. The summed E-state index contributed by atoms with van der Waals surface area (Å²) in [5.74, 6) is 2.69. The van der Waals surface area contributed by atoms with E-state index in [1.54, 1.807) is 5.57 Å². The molecule has 3 aliphatic carbocycles. The molecular formula is C28H46O2. The van der Waals surface area contributed by atoms with Crippen molar-refractivity contribution in [3.8, 4) is 0 Å². The van der Waals surface area contributed by atoms with Crippen molar-refractivity contribution in [3.63, 3.8) is 0 Å². The molecule has 0 unspecified atom stereocenters. The fraction of sp³-hybridized carbons (Fsp3) is 0.786. The highest BCUT2D eigenvalue weighted by atomic mass is 16.3. The van der Waals surface area contributed by atoms with Crippen LogP contribution in [0.25, 0.3) is 0 Å². The van der Waals surface area contributed by atoms with Crippen LogP contribution in [0.15, 0.2) is 35.5 Å². The third-order valence-corrected chi connectivity index (χ3v) is 8.81. The van der Waals surface area contributed by atoms with Gasteiger partial charge >= 0.3 is 0 Å². The first-order chi connectivity index (χ1) is 14.0. The summed E-state index contributed by atoms with van der Waals surface area (Å²) in [7, 11) is 0. The van der Waals surface area contributed by atoms with Crippen LogP contribution in [0.3, 0.4) is 0 Å². The minimum atomic E-state index is -0.381. The molecule has 3 fully saturated rings. The van der Waals surface area contributed by atoms with Gasteiger partial charge in [0.05, 0.1) is 12.2 Å². The Morgan fingerprint density at radius 3 is 2.30 bits per heavy atom. The third-order valence-electron chi connectivity index (χ3n) is 8.81. The van der Waals surface area contributed by atoms with Crippen molar-refractivity contribution >= 4 is 0 Å². The molecule has 7 atom stereocenters. The molecule has 0 saturated heterocycles. The van der Waals surface area contributed by atoms with E-state index in [4.69, 9.17) is 0 Å². The normalized spacial score (nSPS) is 38.7. The van der Waals surface area contributed by atoms with Crippen LogP contribution >= 0.6 is 0 Å². The molecule has 0 radical (unpaired) electrons. The lowest BCUT2D eigenvalue weighted by Gasteiger charge is -2.44. The first-order valence-corrected chi connectivity index (χ1v) is 12.4. The van der Waals surface area contributed by atoms with E-state index in [-0.39, 0.29) is 12.2 Å². The van der Waals surface area contributed by atoms with Gasteiger partial charge in [0.25, 0.3) is 0 Å². The lowest BCUT2D eigenvalue weighted by Crippen LogP contribution is -2.35. The van der Waals surface area contributed by atoms with Crippen LogP contribution < -0.4 is 0 Å². The van der Waals surface area contributed by atoms with E-state index in [0.717, 1.165) is 18.8 Å². The molecule has 170 valence electrons. The molecule has 0 aromatic rings. The summed E-state index contributed by atoms with van der Waals surface area (Å²) in [6.45, 7) is 14.3. The summed E-state index contributed by atoms with van der Waals surface area (Å²) in [4.78, 5) is 0. The van der Waals surface area contributed by atoms with Crippen molar-refractivity contribution in [1.29, 1.82) is 0 Å². The number of allylic oxidation sites excluding steroid dienone is 5. The Kier molecular flexibility index (Phi) is 7.40. The van der Waals surface area contributed by atoms with Crippen molar-refractivity contribution in [3.05, 3.63) is 35.5 Å². The van der Waals surface area contributed by atoms with E-state index in [2.05, 4.69) is 65.8 Å². The number of rotatable bonds is 4. The zero-order chi connectivity index (χ0) is 22.1. The highest BCUT2D eigenvalue weighted by Gasteiger charge is 2.50. The van der Waals surface area contributed by atoms with Gasteiger partial charge in [0, 0.05) is 0 Å². The smallest absolute Gasteiger partial charge is 0.0602 e. The Balaban J connectivity index is 1.73. The van der Waals surface area contributed by atoms with E-state index in [1.165, 1.54) is 37.7 Å². The SMILES string of the molecule is C[C@H](/C=C/[C@H](C)C(C)(C)C)[C@H]1CC[C@H]2/C(=C/C=C3C[C@@H](O)C[C@H](O)C3)CCC[C@]12C. The quantitative estimate of drug-likeness (QED) is 0.495. The molecule has 2 N–H and O–H groups in total. The zero-order valence-electron chi connectivity index (χ0n) is 20.3. The summed E-state index contributed by atoms with van der Waals surface area (Å²) in [5, 5.41) is 20.0. The molecule has 3 aliphatic rings. The summed E-state index contributed by atoms with van der Waals surface area (Å²) in [5.41, 5.74) is 3.56. The Hall–Kier alpha value is -0.860. The van der Waals surface area contributed by atoms with E-state index in [9.17, 15) is 10.2 Å². The molecule has 0 amide bonds. The summed E-state index contributed by atoms with van der Waals surface area (Å²) in [6.07, 6.45) is 17.3. The number of aliphatic hydroxyl groups excluding tert-OH is 2. The predicted molar refractivity (Wildman–Crippen MR) is 127 cm³/mol. The molecule has 0 spiro atoms. The fourth-order valence-electron chi connectivity index (χ4n) is 6.44. The second kappa shape index (κ2) is 9.33. The largest absolute Gasteiger partial charge is 0.393 e. The summed E-state index contributed by atoms with van der Waals surface area (Å²) >= 11 is 0. The molecular weight excluding hydrogens is 368 g/mol. The van der Waals surface area contributed by atoms with Crippen molar-refractivity contribution in [2.24, 2.45) is 34.5 Å². The highest BCUT2D eigenvalue weighted by Crippen LogP contribution is 2.59. The van der Waals surface area contributed by atoms with Crippen LogP contribution in [-0.4, -0.2) is 22.4 Å². The zero-order valence-corrected chi connectivity index (χ0v) is 20.3. The van der Waals surface area contributed by atoms with Crippen molar-refractivity contribution in [2.45, 2.75) is 105 Å². The van der Waals surface area contributed by atoms with Gasteiger partial charge in [0.2, 0.25) is 0 Å². The highest BCUT2D eigenvalue weighted by molar-refractivity contribution is 5.26. The molecule has 3 saturated carbocycles. The van der Waals surface area contributed by atoms with Crippen LogP contribution in [-0.2, 0) is 0 Å². The minimum Gasteiger partial charge on any atom is -0.393 e. The number of aliphatic hydroxyl groups is 2. The van der Waals surface area contributed by atoms with Gasteiger partial charge in [-0.25, -0.2) is 0 Å². The first-order valence-electron chi connectivity index (χ1n) is 12.4. The van der Waals surface area contributed by atoms with Crippen molar-refractivity contribution in [2.75, 3.05) is 0 Å². The van der Waals surface area contributed by atoms with Crippen molar-refractivity contribution in [1.82, 2.24) is 0 Å². The third kappa shape index (κ3) is 5.30. The van der Waals surface area contributed by atoms with E-state index < -0.39 is 0 Å². The topological polar surface area (TPSA) is 40.5 Å². The Labute approximate surface area is 185 Å². The summed E-state index contributed by atoms with van der Waals surface area (Å²) < 4.78 is 0. The first kappa shape index (κ1) is 23.8. The molecule has 30 heavy (non-hydrogen) atoms. The average Bonchev–Trinajstić information content (AvgIpc) is 3.00. The molecule has 0 aromatic heterocycles. The van der Waals surface area contributed by atoms with Gasteiger partial charge in [0.1, 0.15) is 0 Å². The monoisotopic (exact) mass is 414 g/mol. The number of fused-ring (bicyclic) bond motifs is 1. The number of hydrogen-bond donors (Lipinski definition) is 2. The maximum Gasteiger partial charge on any atom is 0.0602 e. The van der Waals surface area contributed by atoms with Crippen LogP contribution in [0, 0.1) is 34.5 Å². The second-order valence-corrected chi connectivity index (χ2v) is 12.0. The Morgan fingerprint density at radius 2 is 1.67 bits per heavy atom. The molecule has 3 rings (SSSR count). The van der Waals surface area contributed by atoms with Gasteiger partial charge in [-0.2, -0.15) is 0 Å². The van der Waals surface area contributed by atoms with Gasteiger partial charge in [-0.15, -0.1) is 0 Å². The van der Waals surface area contributed by atoms with Gasteiger partial charge in [-0.1, -0.05) is 77.0 Å². The molecule has 2 heteroatoms. The van der Waals surface area contributed by atoms with Crippen molar-refractivity contribution < 1.29 is 10.2 Å². The predicted octanol–water partition coefficient (Wildman–Crippen LogP) is 6.84. The van der Waals surface area contributed by atoms with Gasteiger partial charge in [0.15, 0.2) is 0 Å². The van der Waals surface area contributed by atoms with E-state index in [0.29, 0.717) is 35.0 Å². The fourth-order valence-corrected chi connectivity index (χ4v) is 6.44. The standard InChI is InChI=1S/C28H46O2/c1-19(9-10-20(2)27(3,4)5)25-13-14-26-22(8-7-15-28(25,26)6)12-11-21-16-23(29)18-24(30)17-21/h9-12,19-20,23-26,29-30H,7-8,13-18H2,1-6H3/b10-9+,22-12+/t19-,20+,23-,24-,25-,26+,28-/m1/s1. The van der Waals surface area contributed by atoms with Gasteiger partial charge < -0.3 is 10.2 Å². The average molecular weight is 415 g/mol. The second-order valence-electron chi connectivity index (χ2n) is 12.0. The Bertz CT molecular complexity index is 667. The molecule has 0 heterocycles. The molecule has 0 aromatic carbocycles. The Morgan fingerprint density at radius 1 is 1.00 bits per heavy atom. The van der Waals surface area contributed by atoms with Crippen LogP contribution in [0.4, 0.5) is 0 Å². The molecule has 0 bridgehead atoms. The minimum absolute atomic E-state index is 0.326. The lowest BCUT2D eigenvalue weighted by atomic mass is 9.61.